The van der Waals surface area contributed by atoms with Crippen molar-refractivity contribution in [2.24, 2.45) is 7.05 Å². The topological polar surface area (TPSA) is 87.2 Å². The molecule has 4 heterocycles. The van der Waals surface area contributed by atoms with Crippen LogP contribution < -0.4 is 0 Å². The molecule has 4 aromatic rings. The fourth-order valence-corrected chi connectivity index (χ4v) is 4.37. The summed E-state index contributed by atoms with van der Waals surface area (Å²) in [7, 11) is 1.84. The number of tetrazole rings is 1. The van der Waals surface area contributed by atoms with E-state index in [2.05, 4.69) is 52.6 Å². The lowest BCUT2D eigenvalue weighted by Gasteiger charge is -2.03. The maximum absolute atomic E-state index is 4.36. The molecule has 0 atom stereocenters. The lowest BCUT2D eigenvalue weighted by Crippen LogP contribution is -2.02. The van der Waals surface area contributed by atoms with Crippen molar-refractivity contribution >= 4 is 50.1 Å². The Balaban J connectivity index is 1.71. The minimum atomic E-state index is 0.634. The molecule has 0 fully saturated rings. The number of thiophene rings is 1. The Morgan fingerprint density at radius 3 is 3.09 bits per heavy atom. The van der Waals surface area contributed by atoms with E-state index in [-0.39, 0.29) is 0 Å². The molecule has 116 valence electrons. The van der Waals surface area contributed by atoms with Crippen molar-refractivity contribution < 1.29 is 0 Å². The van der Waals surface area contributed by atoms with E-state index in [1.165, 1.54) is 23.0 Å². The summed E-state index contributed by atoms with van der Waals surface area (Å²) >= 11 is 6.53. The van der Waals surface area contributed by atoms with Crippen molar-refractivity contribution in [3.8, 4) is 0 Å². The molecule has 0 aliphatic heterocycles. The highest BCUT2D eigenvalue weighted by molar-refractivity contribution is 9.10. The third-order valence-corrected chi connectivity index (χ3v) is 5.51. The monoisotopic (exact) mass is 408 g/mol. The fourth-order valence-electron chi connectivity index (χ4n) is 2.10. The zero-order valence-electron chi connectivity index (χ0n) is 11.8. The van der Waals surface area contributed by atoms with Gasteiger partial charge in [0, 0.05) is 11.9 Å². The SMILES string of the molecule is Cn1nc(Br)c2c(Sc3nnnn3Cc3cccs3)ncnc21. The van der Waals surface area contributed by atoms with E-state index in [0.717, 1.165) is 16.1 Å². The van der Waals surface area contributed by atoms with E-state index >= 15 is 0 Å². The summed E-state index contributed by atoms with van der Waals surface area (Å²) in [6.45, 7) is 0.634. The first kappa shape index (κ1) is 14.7. The fraction of sp³-hybridized carbons (Fsp3) is 0.167. The predicted octanol–water partition coefficient (Wildman–Crippen LogP) is 2.37. The number of hydrogen-bond acceptors (Lipinski definition) is 8. The molecule has 0 bridgehead atoms. The Labute approximate surface area is 147 Å². The molecular weight excluding hydrogens is 400 g/mol. The van der Waals surface area contributed by atoms with Crippen molar-refractivity contribution in [3.63, 3.8) is 0 Å². The van der Waals surface area contributed by atoms with Gasteiger partial charge in [-0.25, -0.2) is 19.3 Å². The zero-order valence-corrected chi connectivity index (χ0v) is 15.0. The second-order valence-corrected chi connectivity index (χ2v) is 7.33. The number of nitrogens with zero attached hydrogens (tertiary/aromatic N) is 8. The highest BCUT2D eigenvalue weighted by Crippen LogP contribution is 2.33. The van der Waals surface area contributed by atoms with Gasteiger partial charge in [-0.15, -0.1) is 16.4 Å². The number of halogens is 1. The molecule has 0 radical (unpaired) electrons. The van der Waals surface area contributed by atoms with Crippen LogP contribution in [0.15, 0.2) is 38.6 Å². The molecule has 8 nitrogen and oxygen atoms in total. The normalized spacial score (nSPS) is 11.4. The highest BCUT2D eigenvalue weighted by atomic mass is 79.9. The second kappa shape index (κ2) is 5.98. The van der Waals surface area contributed by atoms with E-state index in [0.29, 0.717) is 16.3 Å². The van der Waals surface area contributed by atoms with Crippen molar-refractivity contribution in [1.82, 2.24) is 40.0 Å². The van der Waals surface area contributed by atoms with Crippen LogP contribution in [0.1, 0.15) is 4.88 Å². The van der Waals surface area contributed by atoms with E-state index in [1.54, 1.807) is 20.7 Å². The summed E-state index contributed by atoms with van der Waals surface area (Å²) in [5.41, 5.74) is 0.756. The van der Waals surface area contributed by atoms with E-state index < -0.39 is 0 Å². The van der Waals surface area contributed by atoms with Gasteiger partial charge in [0.1, 0.15) is 16.0 Å². The lowest BCUT2D eigenvalue weighted by atomic mass is 10.4. The molecule has 0 amide bonds. The van der Waals surface area contributed by atoms with E-state index in [4.69, 9.17) is 0 Å². The van der Waals surface area contributed by atoms with Crippen LogP contribution in [-0.2, 0) is 13.6 Å². The van der Waals surface area contributed by atoms with Crippen molar-refractivity contribution in [2.45, 2.75) is 16.7 Å². The largest absolute Gasteiger partial charge is 0.249 e. The maximum atomic E-state index is 4.36. The number of aryl methyl sites for hydroxylation is 1. The molecule has 4 rings (SSSR count). The van der Waals surface area contributed by atoms with Crippen LogP contribution in [0, 0.1) is 0 Å². The van der Waals surface area contributed by atoms with Gasteiger partial charge in [0.2, 0.25) is 5.16 Å². The molecule has 0 spiro atoms. The average molecular weight is 409 g/mol. The van der Waals surface area contributed by atoms with Gasteiger partial charge in [-0.2, -0.15) is 5.10 Å². The molecule has 0 N–H and O–H groups in total. The first-order valence-corrected chi connectivity index (χ1v) is 9.01. The van der Waals surface area contributed by atoms with Gasteiger partial charge >= 0.3 is 0 Å². The summed E-state index contributed by atoms with van der Waals surface area (Å²) in [4.78, 5) is 9.81. The maximum Gasteiger partial charge on any atom is 0.215 e. The van der Waals surface area contributed by atoms with Gasteiger partial charge in [-0.05, 0) is 49.6 Å². The molecule has 0 saturated carbocycles. The number of hydrogen-bond donors (Lipinski definition) is 0. The van der Waals surface area contributed by atoms with Crippen LogP contribution >= 0.6 is 39.0 Å². The third kappa shape index (κ3) is 2.75. The lowest BCUT2D eigenvalue weighted by molar-refractivity contribution is 0.608. The van der Waals surface area contributed by atoms with Crippen molar-refractivity contribution in [2.75, 3.05) is 0 Å². The predicted molar refractivity (Wildman–Crippen MR) is 89.4 cm³/mol. The van der Waals surface area contributed by atoms with Gasteiger partial charge in [-0.3, -0.25) is 0 Å². The Hall–Kier alpha value is -1.85. The van der Waals surface area contributed by atoms with Crippen molar-refractivity contribution in [3.05, 3.63) is 33.3 Å². The standard InChI is InChI=1S/C12H9BrN8S2/c1-20-10-8(9(13)17-20)11(15-6-14-10)23-12-16-18-19-21(12)5-7-3-2-4-22-7/h2-4,6H,5H2,1H3. The summed E-state index contributed by atoms with van der Waals surface area (Å²) in [5.74, 6) is 0. The van der Waals surface area contributed by atoms with Crippen molar-refractivity contribution in [1.29, 1.82) is 0 Å². The van der Waals surface area contributed by atoms with Crippen LogP contribution in [0.3, 0.4) is 0 Å². The van der Waals surface area contributed by atoms with Crippen LogP contribution in [0.5, 0.6) is 0 Å². The minimum absolute atomic E-state index is 0.634. The summed E-state index contributed by atoms with van der Waals surface area (Å²) in [6, 6.07) is 4.07. The molecule has 0 aromatic carbocycles. The minimum Gasteiger partial charge on any atom is -0.249 e. The Bertz CT molecular complexity index is 961. The number of aromatic nitrogens is 8. The average Bonchev–Trinajstić information content (AvgIpc) is 3.25. The van der Waals surface area contributed by atoms with Gasteiger partial charge in [-0.1, -0.05) is 6.07 Å². The number of fused-ring (bicyclic) bond motifs is 1. The van der Waals surface area contributed by atoms with Gasteiger partial charge < -0.3 is 0 Å². The van der Waals surface area contributed by atoms with Crippen LogP contribution in [0.4, 0.5) is 0 Å². The van der Waals surface area contributed by atoms with Crippen LogP contribution in [0.25, 0.3) is 11.0 Å². The van der Waals surface area contributed by atoms with Gasteiger partial charge in [0.15, 0.2) is 5.65 Å². The van der Waals surface area contributed by atoms with Gasteiger partial charge in [0.25, 0.3) is 0 Å². The van der Waals surface area contributed by atoms with Crippen LogP contribution in [-0.4, -0.2) is 40.0 Å². The summed E-state index contributed by atoms with van der Waals surface area (Å²) in [6.07, 6.45) is 1.52. The first-order chi connectivity index (χ1) is 11.2. The first-order valence-electron chi connectivity index (χ1n) is 6.52. The molecular formula is C12H9BrN8S2. The third-order valence-electron chi connectivity index (χ3n) is 3.12. The summed E-state index contributed by atoms with van der Waals surface area (Å²) in [5, 5.41) is 20.6. The van der Waals surface area contributed by atoms with Gasteiger partial charge in [0.05, 0.1) is 11.9 Å². The molecule has 11 heteroatoms. The zero-order chi connectivity index (χ0) is 15.8. The molecule has 4 aromatic heterocycles. The molecule has 0 aliphatic carbocycles. The second-order valence-electron chi connectivity index (χ2n) is 4.59. The highest BCUT2D eigenvalue weighted by Gasteiger charge is 2.17. The Morgan fingerprint density at radius 1 is 1.35 bits per heavy atom. The Morgan fingerprint density at radius 2 is 2.26 bits per heavy atom. The van der Waals surface area contributed by atoms with E-state index in [9.17, 15) is 0 Å². The quantitative estimate of drug-likeness (QED) is 0.478. The number of rotatable bonds is 4. The van der Waals surface area contributed by atoms with Crippen LogP contribution in [0.2, 0.25) is 0 Å². The molecule has 0 saturated heterocycles. The molecule has 0 aliphatic rings. The molecule has 23 heavy (non-hydrogen) atoms. The van der Waals surface area contributed by atoms with E-state index in [1.807, 2.05) is 18.5 Å². The Kier molecular flexibility index (Phi) is 3.83. The smallest absolute Gasteiger partial charge is 0.215 e. The molecule has 0 unspecified atom stereocenters. The summed E-state index contributed by atoms with van der Waals surface area (Å²) < 4.78 is 4.17.